The molecule has 0 amide bonds. The molecule has 0 aromatic carbocycles. The maximum absolute atomic E-state index is 4.34. The third-order valence-corrected chi connectivity index (χ3v) is 2.56. The van der Waals surface area contributed by atoms with Gasteiger partial charge in [0.15, 0.2) is 0 Å². The van der Waals surface area contributed by atoms with Crippen molar-refractivity contribution in [2.24, 2.45) is 14.1 Å². The molecular weight excluding hydrogens is 190 g/mol. The average Bonchev–Trinajstić information content (AvgIpc) is 2.80. The predicted molar refractivity (Wildman–Crippen MR) is 57.3 cm³/mol. The Labute approximate surface area is 88.7 Å². The second-order valence-electron chi connectivity index (χ2n) is 3.50. The van der Waals surface area contributed by atoms with Gasteiger partial charge in [0.05, 0.1) is 5.69 Å². The van der Waals surface area contributed by atoms with E-state index in [0.717, 1.165) is 11.5 Å². The third kappa shape index (κ3) is 1.66. The normalized spacial score (nSPS) is 13.0. The van der Waals surface area contributed by atoms with Crippen molar-refractivity contribution in [1.29, 1.82) is 0 Å². The van der Waals surface area contributed by atoms with Crippen LogP contribution in [0.2, 0.25) is 0 Å². The van der Waals surface area contributed by atoms with Gasteiger partial charge in [-0.1, -0.05) is 0 Å². The van der Waals surface area contributed by atoms with Crippen molar-refractivity contribution in [2.75, 3.05) is 7.05 Å². The van der Waals surface area contributed by atoms with Crippen LogP contribution in [-0.2, 0) is 14.1 Å². The molecule has 2 heterocycles. The molecule has 0 aliphatic rings. The maximum Gasteiger partial charge on any atom is 0.131 e. The highest BCUT2D eigenvalue weighted by atomic mass is 15.3. The van der Waals surface area contributed by atoms with Crippen molar-refractivity contribution >= 4 is 0 Å². The fraction of sp³-hybridized carbons (Fsp3) is 0.400. The van der Waals surface area contributed by atoms with Gasteiger partial charge in [-0.2, -0.15) is 5.10 Å². The van der Waals surface area contributed by atoms with Gasteiger partial charge in [0.25, 0.3) is 0 Å². The molecule has 0 bridgehead atoms. The molecule has 1 N–H and O–H groups in total. The summed E-state index contributed by atoms with van der Waals surface area (Å²) in [5, 5.41) is 7.41. The lowest BCUT2D eigenvalue weighted by Gasteiger charge is -2.16. The molecule has 2 rings (SSSR count). The molecule has 1 unspecified atom stereocenters. The number of imidazole rings is 1. The first-order valence-corrected chi connectivity index (χ1v) is 4.86. The second kappa shape index (κ2) is 3.86. The van der Waals surface area contributed by atoms with Crippen LogP contribution >= 0.6 is 0 Å². The van der Waals surface area contributed by atoms with Crippen LogP contribution in [0.1, 0.15) is 17.6 Å². The molecule has 5 heteroatoms. The minimum atomic E-state index is 0.0810. The molecule has 0 radical (unpaired) electrons. The van der Waals surface area contributed by atoms with Crippen LogP contribution in [0.4, 0.5) is 0 Å². The predicted octanol–water partition coefficient (Wildman–Crippen LogP) is 0.462. The number of nitrogens with zero attached hydrogens (tertiary/aromatic N) is 4. The van der Waals surface area contributed by atoms with E-state index >= 15 is 0 Å². The number of aryl methyl sites for hydroxylation is 2. The minimum Gasteiger partial charge on any atom is -0.336 e. The summed E-state index contributed by atoms with van der Waals surface area (Å²) >= 11 is 0. The van der Waals surface area contributed by atoms with Crippen LogP contribution in [0.25, 0.3) is 0 Å². The number of nitrogens with one attached hydrogen (secondary N) is 1. The van der Waals surface area contributed by atoms with Gasteiger partial charge < -0.3 is 9.88 Å². The van der Waals surface area contributed by atoms with E-state index in [-0.39, 0.29) is 6.04 Å². The molecule has 80 valence electrons. The molecule has 15 heavy (non-hydrogen) atoms. The topological polar surface area (TPSA) is 47.7 Å². The second-order valence-corrected chi connectivity index (χ2v) is 3.50. The summed E-state index contributed by atoms with van der Waals surface area (Å²) in [4.78, 5) is 4.34. The van der Waals surface area contributed by atoms with E-state index in [0.29, 0.717) is 0 Å². The summed E-state index contributed by atoms with van der Waals surface area (Å²) in [6.45, 7) is 0. The smallest absolute Gasteiger partial charge is 0.131 e. The summed E-state index contributed by atoms with van der Waals surface area (Å²) in [6.07, 6.45) is 5.54. The largest absolute Gasteiger partial charge is 0.336 e. The van der Waals surface area contributed by atoms with Crippen molar-refractivity contribution in [3.05, 3.63) is 36.2 Å². The Morgan fingerprint density at radius 2 is 2.13 bits per heavy atom. The van der Waals surface area contributed by atoms with Crippen LogP contribution in [-0.4, -0.2) is 26.4 Å². The van der Waals surface area contributed by atoms with Gasteiger partial charge >= 0.3 is 0 Å². The number of hydrogen-bond donors (Lipinski definition) is 1. The zero-order chi connectivity index (χ0) is 10.8. The van der Waals surface area contributed by atoms with Crippen molar-refractivity contribution in [3.63, 3.8) is 0 Å². The van der Waals surface area contributed by atoms with E-state index in [4.69, 9.17) is 0 Å². The minimum absolute atomic E-state index is 0.0810. The molecular formula is C10H15N5. The van der Waals surface area contributed by atoms with Crippen LogP contribution in [0, 0.1) is 0 Å². The first-order valence-electron chi connectivity index (χ1n) is 4.86. The molecule has 0 aliphatic heterocycles. The van der Waals surface area contributed by atoms with E-state index in [1.165, 1.54) is 0 Å². The zero-order valence-electron chi connectivity index (χ0n) is 9.18. The summed E-state index contributed by atoms with van der Waals surface area (Å²) in [5.41, 5.74) is 1.10. The van der Waals surface area contributed by atoms with Gasteiger partial charge in [-0.3, -0.25) is 4.68 Å². The van der Waals surface area contributed by atoms with E-state index in [9.17, 15) is 0 Å². The number of rotatable bonds is 3. The molecule has 2 aromatic heterocycles. The highest BCUT2D eigenvalue weighted by molar-refractivity contribution is 5.17. The lowest BCUT2D eigenvalue weighted by Crippen LogP contribution is -2.23. The highest BCUT2D eigenvalue weighted by Gasteiger charge is 2.18. The van der Waals surface area contributed by atoms with Crippen molar-refractivity contribution in [2.45, 2.75) is 6.04 Å². The van der Waals surface area contributed by atoms with E-state index in [2.05, 4.69) is 15.4 Å². The SMILES string of the molecule is CNC(c1nccn1C)c1ccnn1C. The fourth-order valence-corrected chi connectivity index (χ4v) is 1.73. The van der Waals surface area contributed by atoms with Gasteiger partial charge in [0.2, 0.25) is 0 Å². The van der Waals surface area contributed by atoms with Gasteiger partial charge in [0.1, 0.15) is 11.9 Å². The highest BCUT2D eigenvalue weighted by Crippen LogP contribution is 2.18. The Bertz CT molecular complexity index is 402. The van der Waals surface area contributed by atoms with Gasteiger partial charge in [-0.15, -0.1) is 0 Å². The van der Waals surface area contributed by atoms with Crippen LogP contribution in [0.15, 0.2) is 24.7 Å². The molecule has 1 atom stereocenters. The number of aromatic nitrogens is 4. The summed E-state index contributed by atoms with van der Waals surface area (Å²) in [6, 6.07) is 2.08. The fourth-order valence-electron chi connectivity index (χ4n) is 1.73. The Balaban J connectivity index is 2.41. The standard InChI is InChI=1S/C10H15N5/c1-11-9(8-4-5-13-15(8)3)10-12-6-7-14(10)2/h4-7,9,11H,1-3H3. The Hall–Kier alpha value is -1.62. The molecule has 0 saturated heterocycles. The van der Waals surface area contributed by atoms with Gasteiger partial charge in [-0.05, 0) is 13.1 Å². The maximum atomic E-state index is 4.34. The molecule has 0 saturated carbocycles. The van der Waals surface area contributed by atoms with Crippen molar-refractivity contribution in [1.82, 2.24) is 24.6 Å². The quantitative estimate of drug-likeness (QED) is 0.792. The first kappa shape index (κ1) is 9.92. The number of hydrogen-bond acceptors (Lipinski definition) is 3. The molecule has 5 nitrogen and oxygen atoms in total. The van der Waals surface area contributed by atoms with Crippen LogP contribution in [0.3, 0.4) is 0 Å². The first-order chi connectivity index (χ1) is 7.24. The van der Waals surface area contributed by atoms with Gasteiger partial charge in [-0.25, -0.2) is 4.98 Å². The lowest BCUT2D eigenvalue weighted by atomic mass is 10.2. The summed E-state index contributed by atoms with van der Waals surface area (Å²) < 4.78 is 3.87. The molecule has 2 aromatic rings. The third-order valence-electron chi connectivity index (χ3n) is 2.56. The van der Waals surface area contributed by atoms with E-state index < -0.39 is 0 Å². The average molecular weight is 205 g/mol. The molecule has 0 fully saturated rings. The molecule has 0 aliphatic carbocycles. The van der Waals surface area contributed by atoms with E-state index in [1.807, 2.05) is 42.7 Å². The van der Waals surface area contributed by atoms with Crippen molar-refractivity contribution in [3.8, 4) is 0 Å². The van der Waals surface area contributed by atoms with Crippen LogP contribution < -0.4 is 5.32 Å². The monoisotopic (exact) mass is 205 g/mol. The molecule has 0 spiro atoms. The summed E-state index contributed by atoms with van der Waals surface area (Å²) in [7, 11) is 5.85. The lowest BCUT2D eigenvalue weighted by molar-refractivity contribution is 0.563. The van der Waals surface area contributed by atoms with E-state index in [1.54, 1.807) is 12.4 Å². The van der Waals surface area contributed by atoms with Crippen molar-refractivity contribution < 1.29 is 0 Å². The van der Waals surface area contributed by atoms with Gasteiger partial charge in [0, 0.05) is 32.7 Å². The zero-order valence-corrected chi connectivity index (χ0v) is 9.18. The van der Waals surface area contributed by atoms with Crippen LogP contribution in [0.5, 0.6) is 0 Å². The Kier molecular flexibility index (Phi) is 2.55. The summed E-state index contributed by atoms with van der Waals surface area (Å²) in [5.74, 6) is 0.987. The Morgan fingerprint density at radius 3 is 2.60 bits per heavy atom. The Morgan fingerprint density at radius 1 is 1.33 bits per heavy atom.